The van der Waals surface area contributed by atoms with Crippen molar-refractivity contribution in [3.63, 3.8) is 0 Å². The number of pyridine rings is 2. The Bertz CT molecular complexity index is 1280. The van der Waals surface area contributed by atoms with Crippen molar-refractivity contribution >= 4 is 17.2 Å². The van der Waals surface area contributed by atoms with Gasteiger partial charge in [0, 0.05) is 41.7 Å². The molecule has 0 spiro atoms. The maximum absolute atomic E-state index is 9.68. The van der Waals surface area contributed by atoms with Crippen LogP contribution in [0.5, 0.6) is 5.75 Å². The first-order chi connectivity index (χ1) is 15.9. The molecule has 9 heteroatoms. The first-order valence-electron chi connectivity index (χ1n) is 10.9. The van der Waals surface area contributed by atoms with Gasteiger partial charge in [0.15, 0.2) is 5.82 Å². The van der Waals surface area contributed by atoms with Gasteiger partial charge >= 0.3 is 0 Å². The van der Waals surface area contributed by atoms with Crippen LogP contribution in [0, 0.1) is 20.8 Å². The number of aliphatic hydroxyl groups excluding tert-OH is 1. The van der Waals surface area contributed by atoms with E-state index >= 15 is 0 Å². The summed E-state index contributed by atoms with van der Waals surface area (Å²) in [6, 6.07) is 9.93. The van der Waals surface area contributed by atoms with Gasteiger partial charge in [-0.1, -0.05) is 0 Å². The van der Waals surface area contributed by atoms with Crippen LogP contribution in [0.4, 0.5) is 11.6 Å². The Balaban J connectivity index is 1.41. The number of ether oxygens (including phenoxy) is 2. The molecule has 1 aliphatic rings. The molecule has 0 amide bonds. The monoisotopic (exact) mass is 446 g/mol. The van der Waals surface area contributed by atoms with Crippen molar-refractivity contribution in [1.82, 2.24) is 24.6 Å². The highest BCUT2D eigenvalue weighted by Gasteiger charge is 2.24. The van der Waals surface area contributed by atoms with Gasteiger partial charge < -0.3 is 19.9 Å². The summed E-state index contributed by atoms with van der Waals surface area (Å²) >= 11 is 0. The van der Waals surface area contributed by atoms with E-state index in [0.717, 1.165) is 28.0 Å². The molecule has 170 valence electrons. The van der Waals surface area contributed by atoms with E-state index in [2.05, 4.69) is 31.4 Å². The van der Waals surface area contributed by atoms with Crippen molar-refractivity contribution in [3.05, 3.63) is 59.9 Å². The SMILES string of the molecule is Cc1cc(-c2ccn3nc(Nc4cc(C)nc(C)n4)cc3c2)c(OC[C@@H]2C[C@H](O)CO2)cn1. The highest BCUT2D eigenvalue weighted by Crippen LogP contribution is 2.32. The van der Waals surface area contributed by atoms with Crippen LogP contribution in [0.15, 0.2) is 42.7 Å². The van der Waals surface area contributed by atoms with Crippen molar-refractivity contribution in [2.24, 2.45) is 0 Å². The Hall–Kier alpha value is -3.56. The number of rotatable bonds is 6. The number of fused-ring (bicyclic) bond motifs is 1. The third-order valence-corrected chi connectivity index (χ3v) is 5.48. The maximum Gasteiger partial charge on any atom is 0.154 e. The molecule has 33 heavy (non-hydrogen) atoms. The van der Waals surface area contributed by atoms with Crippen LogP contribution in [0.1, 0.15) is 23.6 Å². The fourth-order valence-electron chi connectivity index (χ4n) is 4.01. The lowest BCUT2D eigenvalue weighted by Gasteiger charge is -2.15. The fraction of sp³-hybridized carbons (Fsp3) is 0.333. The van der Waals surface area contributed by atoms with Gasteiger partial charge in [-0.25, -0.2) is 14.5 Å². The molecule has 0 unspecified atom stereocenters. The zero-order valence-electron chi connectivity index (χ0n) is 18.8. The molecular weight excluding hydrogens is 420 g/mol. The average molecular weight is 447 g/mol. The number of anilines is 2. The fourth-order valence-corrected chi connectivity index (χ4v) is 4.01. The van der Waals surface area contributed by atoms with E-state index in [0.29, 0.717) is 42.8 Å². The molecule has 0 saturated carbocycles. The molecule has 5 heterocycles. The summed E-state index contributed by atoms with van der Waals surface area (Å²) in [5.74, 6) is 2.80. The Kier molecular flexibility index (Phi) is 5.65. The molecule has 1 fully saturated rings. The summed E-state index contributed by atoms with van der Waals surface area (Å²) in [5, 5.41) is 17.5. The minimum atomic E-state index is -0.420. The zero-order chi connectivity index (χ0) is 22.9. The molecule has 5 rings (SSSR count). The second kappa shape index (κ2) is 8.76. The molecule has 0 aromatic carbocycles. The number of nitrogens with zero attached hydrogens (tertiary/aromatic N) is 5. The van der Waals surface area contributed by atoms with E-state index in [4.69, 9.17) is 9.47 Å². The standard InChI is InChI=1S/C24H26N6O3/c1-14-6-21(22(11-25-14)33-13-20-10-19(31)12-32-20)17-4-5-30-18(8-17)9-24(29-30)28-23-7-15(2)26-16(3)27-23/h4-9,11,19-20,31H,10,12-13H2,1-3H3,(H,26,27,28,29)/t19-,20-/m0/s1. The minimum Gasteiger partial charge on any atom is -0.489 e. The van der Waals surface area contributed by atoms with Crippen LogP contribution in [0.25, 0.3) is 16.6 Å². The lowest BCUT2D eigenvalue weighted by Crippen LogP contribution is -2.17. The summed E-state index contributed by atoms with van der Waals surface area (Å²) in [6.45, 7) is 6.48. The number of hydrogen-bond acceptors (Lipinski definition) is 8. The van der Waals surface area contributed by atoms with Gasteiger partial charge in [-0.3, -0.25) is 4.98 Å². The summed E-state index contributed by atoms with van der Waals surface area (Å²) in [5.41, 5.74) is 4.67. The van der Waals surface area contributed by atoms with Gasteiger partial charge in [0.05, 0.1) is 30.5 Å². The van der Waals surface area contributed by atoms with E-state index < -0.39 is 6.10 Å². The van der Waals surface area contributed by atoms with Gasteiger partial charge in [-0.05, 0) is 44.5 Å². The van der Waals surface area contributed by atoms with Crippen molar-refractivity contribution < 1.29 is 14.6 Å². The Morgan fingerprint density at radius 1 is 1.12 bits per heavy atom. The van der Waals surface area contributed by atoms with Crippen molar-refractivity contribution in [2.75, 3.05) is 18.5 Å². The first kappa shape index (κ1) is 21.3. The van der Waals surface area contributed by atoms with E-state index in [1.54, 1.807) is 6.20 Å². The molecule has 9 nitrogen and oxygen atoms in total. The molecule has 0 radical (unpaired) electrons. The number of aryl methyl sites for hydroxylation is 3. The van der Waals surface area contributed by atoms with Gasteiger partial charge in [-0.2, -0.15) is 5.10 Å². The molecule has 1 saturated heterocycles. The maximum atomic E-state index is 9.68. The van der Waals surface area contributed by atoms with Crippen molar-refractivity contribution in [1.29, 1.82) is 0 Å². The smallest absolute Gasteiger partial charge is 0.154 e. The second-order valence-corrected chi connectivity index (χ2v) is 8.36. The summed E-state index contributed by atoms with van der Waals surface area (Å²) in [6.07, 6.45) is 3.70. The van der Waals surface area contributed by atoms with Crippen LogP contribution in [0.2, 0.25) is 0 Å². The highest BCUT2D eigenvalue weighted by atomic mass is 16.5. The average Bonchev–Trinajstić information content (AvgIpc) is 3.36. The quantitative estimate of drug-likeness (QED) is 0.464. The van der Waals surface area contributed by atoms with E-state index in [1.165, 1.54) is 0 Å². The molecule has 2 atom stereocenters. The van der Waals surface area contributed by atoms with E-state index in [9.17, 15) is 5.11 Å². The lowest BCUT2D eigenvalue weighted by atomic mass is 10.1. The normalized spacial score (nSPS) is 18.1. The van der Waals surface area contributed by atoms with Crippen molar-refractivity contribution in [2.45, 2.75) is 39.4 Å². The first-order valence-corrected chi connectivity index (χ1v) is 10.9. The van der Waals surface area contributed by atoms with E-state index in [1.807, 2.05) is 55.7 Å². The Morgan fingerprint density at radius 2 is 2.00 bits per heavy atom. The van der Waals surface area contributed by atoms with Crippen LogP contribution in [-0.4, -0.2) is 55.1 Å². The predicted octanol–water partition coefficient (Wildman–Crippen LogP) is 3.38. The van der Waals surface area contributed by atoms with Crippen LogP contribution in [0.3, 0.4) is 0 Å². The third kappa shape index (κ3) is 4.79. The predicted molar refractivity (Wildman–Crippen MR) is 124 cm³/mol. The van der Waals surface area contributed by atoms with Gasteiger partial charge in [0.25, 0.3) is 0 Å². The highest BCUT2D eigenvalue weighted by molar-refractivity contribution is 5.75. The summed E-state index contributed by atoms with van der Waals surface area (Å²) in [4.78, 5) is 13.1. The molecule has 4 aromatic rings. The number of nitrogens with one attached hydrogen (secondary N) is 1. The number of aromatic nitrogens is 5. The third-order valence-electron chi connectivity index (χ3n) is 5.48. The summed E-state index contributed by atoms with van der Waals surface area (Å²) in [7, 11) is 0. The van der Waals surface area contributed by atoms with Gasteiger partial charge in [-0.15, -0.1) is 0 Å². The molecule has 4 aromatic heterocycles. The second-order valence-electron chi connectivity index (χ2n) is 8.36. The van der Waals surface area contributed by atoms with E-state index in [-0.39, 0.29) is 6.10 Å². The zero-order valence-corrected chi connectivity index (χ0v) is 18.8. The topological polar surface area (TPSA) is 107 Å². The van der Waals surface area contributed by atoms with Crippen LogP contribution < -0.4 is 10.1 Å². The Labute approximate surface area is 191 Å². The molecule has 0 aliphatic carbocycles. The van der Waals surface area contributed by atoms with Crippen LogP contribution >= 0.6 is 0 Å². The minimum absolute atomic E-state index is 0.117. The molecule has 0 bridgehead atoms. The lowest BCUT2D eigenvalue weighted by molar-refractivity contribution is 0.0588. The van der Waals surface area contributed by atoms with Crippen molar-refractivity contribution in [3.8, 4) is 16.9 Å². The molecule has 1 aliphatic heterocycles. The Morgan fingerprint density at radius 3 is 2.79 bits per heavy atom. The number of aliphatic hydroxyl groups is 1. The molecule has 2 N–H and O–H groups in total. The van der Waals surface area contributed by atoms with Gasteiger partial charge in [0.1, 0.15) is 24.0 Å². The van der Waals surface area contributed by atoms with Gasteiger partial charge in [0.2, 0.25) is 0 Å². The molecular formula is C24H26N6O3. The largest absolute Gasteiger partial charge is 0.489 e. The summed E-state index contributed by atoms with van der Waals surface area (Å²) < 4.78 is 13.4. The number of hydrogen-bond donors (Lipinski definition) is 2. The van der Waals surface area contributed by atoms with Crippen LogP contribution in [-0.2, 0) is 4.74 Å².